The van der Waals surface area contributed by atoms with Crippen LogP contribution in [0.5, 0.6) is 0 Å². The number of carbonyl (C=O) groups excluding carboxylic acids is 1. The SMILES string of the molecule is C/C=C(\C)C(=O)Nc1cccc(-c2nc(CC)nc3[nH]cc(C(=O)O)c23)c1. The Morgan fingerprint density at radius 1 is 1.30 bits per heavy atom. The van der Waals surface area contributed by atoms with E-state index in [1.807, 2.05) is 13.0 Å². The summed E-state index contributed by atoms with van der Waals surface area (Å²) in [6.07, 6.45) is 3.77. The highest BCUT2D eigenvalue weighted by molar-refractivity contribution is 6.08. The second-order valence-electron chi connectivity index (χ2n) is 6.08. The summed E-state index contributed by atoms with van der Waals surface area (Å²) in [6, 6.07) is 7.18. The third kappa shape index (κ3) is 3.57. The molecule has 0 spiro atoms. The molecule has 0 atom stereocenters. The molecule has 138 valence electrons. The minimum Gasteiger partial charge on any atom is -0.478 e. The molecule has 3 rings (SSSR count). The Labute approximate surface area is 156 Å². The number of rotatable bonds is 5. The Kier molecular flexibility index (Phi) is 5.03. The van der Waals surface area contributed by atoms with Crippen molar-refractivity contribution in [2.24, 2.45) is 0 Å². The minimum atomic E-state index is -1.05. The van der Waals surface area contributed by atoms with Crippen molar-refractivity contribution in [1.29, 1.82) is 0 Å². The predicted molar refractivity (Wildman–Crippen MR) is 104 cm³/mol. The van der Waals surface area contributed by atoms with Gasteiger partial charge in [-0.2, -0.15) is 0 Å². The zero-order valence-corrected chi connectivity index (χ0v) is 15.3. The van der Waals surface area contributed by atoms with E-state index >= 15 is 0 Å². The lowest BCUT2D eigenvalue weighted by Gasteiger charge is -2.10. The van der Waals surface area contributed by atoms with Crippen LogP contribution in [0.25, 0.3) is 22.3 Å². The van der Waals surface area contributed by atoms with Gasteiger partial charge in [0.25, 0.3) is 5.91 Å². The molecule has 7 heteroatoms. The highest BCUT2D eigenvalue weighted by Gasteiger charge is 2.19. The van der Waals surface area contributed by atoms with Crippen LogP contribution in [0.2, 0.25) is 0 Å². The number of aromatic carboxylic acids is 1. The number of carbonyl (C=O) groups is 2. The lowest BCUT2D eigenvalue weighted by Crippen LogP contribution is -2.12. The fourth-order valence-electron chi connectivity index (χ4n) is 2.72. The molecular formula is C20H20N4O3. The Bertz CT molecular complexity index is 1070. The maximum absolute atomic E-state index is 12.1. The van der Waals surface area contributed by atoms with Gasteiger partial charge in [0.15, 0.2) is 0 Å². The van der Waals surface area contributed by atoms with E-state index in [9.17, 15) is 14.7 Å². The van der Waals surface area contributed by atoms with Gasteiger partial charge in [-0.3, -0.25) is 4.79 Å². The van der Waals surface area contributed by atoms with Crippen molar-refractivity contribution in [1.82, 2.24) is 15.0 Å². The molecule has 0 aliphatic rings. The second kappa shape index (κ2) is 7.41. The maximum Gasteiger partial charge on any atom is 0.338 e. The van der Waals surface area contributed by atoms with Crippen LogP contribution in [0.15, 0.2) is 42.1 Å². The molecule has 0 unspecified atom stereocenters. The molecule has 7 nitrogen and oxygen atoms in total. The van der Waals surface area contributed by atoms with E-state index in [4.69, 9.17) is 0 Å². The number of fused-ring (bicyclic) bond motifs is 1. The molecule has 3 aromatic rings. The van der Waals surface area contributed by atoms with E-state index in [0.717, 1.165) is 0 Å². The van der Waals surface area contributed by atoms with Gasteiger partial charge in [-0.05, 0) is 26.0 Å². The number of anilines is 1. The van der Waals surface area contributed by atoms with Crippen molar-refractivity contribution < 1.29 is 14.7 Å². The lowest BCUT2D eigenvalue weighted by molar-refractivity contribution is -0.112. The average Bonchev–Trinajstić information content (AvgIpc) is 3.10. The van der Waals surface area contributed by atoms with Gasteiger partial charge in [0, 0.05) is 29.4 Å². The van der Waals surface area contributed by atoms with Gasteiger partial charge in [-0.25, -0.2) is 14.8 Å². The first-order valence-corrected chi connectivity index (χ1v) is 8.60. The second-order valence-corrected chi connectivity index (χ2v) is 6.08. The van der Waals surface area contributed by atoms with Gasteiger partial charge < -0.3 is 15.4 Å². The highest BCUT2D eigenvalue weighted by atomic mass is 16.4. The number of aryl methyl sites for hydroxylation is 1. The summed E-state index contributed by atoms with van der Waals surface area (Å²) in [6.45, 7) is 5.47. The zero-order valence-electron chi connectivity index (χ0n) is 15.3. The molecule has 2 aromatic heterocycles. The third-order valence-corrected chi connectivity index (χ3v) is 4.31. The summed E-state index contributed by atoms with van der Waals surface area (Å²) in [5.41, 5.74) is 3.03. The van der Waals surface area contributed by atoms with Crippen LogP contribution in [0.4, 0.5) is 5.69 Å². The molecular weight excluding hydrogens is 344 g/mol. The highest BCUT2D eigenvalue weighted by Crippen LogP contribution is 2.30. The van der Waals surface area contributed by atoms with Crippen molar-refractivity contribution in [3.8, 4) is 11.3 Å². The fraction of sp³-hybridized carbons (Fsp3) is 0.200. The first kappa shape index (κ1) is 18.3. The summed E-state index contributed by atoms with van der Waals surface area (Å²) in [7, 11) is 0. The number of benzene rings is 1. The number of hydrogen-bond acceptors (Lipinski definition) is 4. The third-order valence-electron chi connectivity index (χ3n) is 4.31. The molecule has 1 aromatic carbocycles. The van der Waals surface area contributed by atoms with Crippen molar-refractivity contribution in [3.05, 3.63) is 53.5 Å². The average molecular weight is 364 g/mol. The van der Waals surface area contributed by atoms with Crippen LogP contribution < -0.4 is 5.32 Å². The van der Waals surface area contributed by atoms with Crippen LogP contribution in [0.1, 0.15) is 37.0 Å². The lowest BCUT2D eigenvalue weighted by atomic mass is 10.1. The smallest absolute Gasteiger partial charge is 0.338 e. The molecule has 0 saturated carbocycles. The number of aromatic amines is 1. The number of amides is 1. The van der Waals surface area contributed by atoms with E-state index in [1.165, 1.54) is 6.20 Å². The van der Waals surface area contributed by atoms with Crippen LogP contribution in [0.3, 0.4) is 0 Å². The Morgan fingerprint density at radius 3 is 2.74 bits per heavy atom. The number of carboxylic acids is 1. The summed E-state index contributed by atoms with van der Waals surface area (Å²) in [5, 5.41) is 12.8. The number of H-pyrrole nitrogens is 1. The standard InChI is InChI=1S/C20H20N4O3/c1-4-11(3)19(25)22-13-8-6-7-12(9-13)17-16-14(20(26)27)10-21-18(16)24-15(5-2)23-17/h4,6-10H,5H2,1-3H3,(H,22,25)(H,26,27)(H,21,23,24)/b11-4+. The summed E-state index contributed by atoms with van der Waals surface area (Å²) in [5.74, 6) is -0.636. The van der Waals surface area contributed by atoms with Gasteiger partial charge in [0.1, 0.15) is 11.5 Å². The maximum atomic E-state index is 12.1. The Morgan fingerprint density at radius 2 is 2.07 bits per heavy atom. The van der Waals surface area contributed by atoms with Crippen LogP contribution >= 0.6 is 0 Å². The van der Waals surface area contributed by atoms with E-state index in [2.05, 4.69) is 20.3 Å². The summed E-state index contributed by atoms with van der Waals surface area (Å²) in [4.78, 5) is 35.6. The molecule has 0 aliphatic heterocycles. The number of nitrogens with one attached hydrogen (secondary N) is 2. The molecule has 27 heavy (non-hydrogen) atoms. The molecule has 0 fully saturated rings. The minimum absolute atomic E-state index is 0.113. The fourth-order valence-corrected chi connectivity index (χ4v) is 2.72. The summed E-state index contributed by atoms with van der Waals surface area (Å²) >= 11 is 0. The van der Waals surface area contributed by atoms with Gasteiger partial charge in [-0.1, -0.05) is 25.1 Å². The Balaban J connectivity index is 2.14. The van der Waals surface area contributed by atoms with Crippen molar-refractivity contribution in [2.45, 2.75) is 27.2 Å². The van der Waals surface area contributed by atoms with Gasteiger partial charge >= 0.3 is 5.97 Å². The predicted octanol–water partition coefficient (Wildman–Crippen LogP) is 3.79. The summed E-state index contributed by atoms with van der Waals surface area (Å²) < 4.78 is 0. The van der Waals surface area contributed by atoms with E-state index < -0.39 is 5.97 Å². The molecule has 0 saturated heterocycles. The van der Waals surface area contributed by atoms with E-state index in [1.54, 1.807) is 38.1 Å². The van der Waals surface area contributed by atoms with E-state index in [-0.39, 0.29) is 11.5 Å². The quantitative estimate of drug-likeness (QED) is 0.597. The van der Waals surface area contributed by atoms with Gasteiger partial charge in [-0.15, -0.1) is 0 Å². The number of carboxylic acid groups (broad SMARTS) is 1. The number of allylic oxidation sites excluding steroid dienone is 1. The first-order chi connectivity index (χ1) is 12.9. The molecule has 0 bridgehead atoms. The van der Waals surface area contributed by atoms with Crippen LogP contribution in [-0.2, 0) is 11.2 Å². The van der Waals surface area contributed by atoms with Crippen LogP contribution in [0, 0.1) is 0 Å². The van der Waals surface area contributed by atoms with Gasteiger partial charge in [0.05, 0.1) is 16.6 Å². The molecule has 1 amide bonds. The number of aromatic nitrogens is 3. The van der Waals surface area contributed by atoms with Gasteiger partial charge in [0.2, 0.25) is 0 Å². The topological polar surface area (TPSA) is 108 Å². The Hall–Kier alpha value is -3.48. The first-order valence-electron chi connectivity index (χ1n) is 8.60. The normalized spacial score (nSPS) is 11.6. The molecule has 0 radical (unpaired) electrons. The number of hydrogen-bond donors (Lipinski definition) is 3. The molecule has 2 heterocycles. The zero-order chi connectivity index (χ0) is 19.6. The van der Waals surface area contributed by atoms with Crippen LogP contribution in [-0.4, -0.2) is 31.9 Å². The largest absolute Gasteiger partial charge is 0.478 e. The van der Waals surface area contributed by atoms with E-state index in [0.29, 0.717) is 45.8 Å². The molecule has 0 aliphatic carbocycles. The van der Waals surface area contributed by atoms with Crippen molar-refractivity contribution >= 4 is 28.6 Å². The van der Waals surface area contributed by atoms with Crippen molar-refractivity contribution in [2.75, 3.05) is 5.32 Å². The molecule has 3 N–H and O–H groups in total. The number of nitrogens with zero attached hydrogens (tertiary/aromatic N) is 2. The monoisotopic (exact) mass is 364 g/mol. The van der Waals surface area contributed by atoms with Crippen molar-refractivity contribution in [3.63, 3.8) is 0 Å².